The average Bonchev–Trinajstić information content (AvgIpc) is 2.33. The molecule has 0 fully saturated rings. The lowest BCUT2D eigenvalue weighted by Gasteiger charge is -2.26. The van der Waals surface area contributed by atoms with Crippen molar-refractivity contribution in [3.63, 3.8) is 0 Å². The minimum atomic E-state index is -1.06. The highest BCUT2D eigenvalue weighted by atomic mass is 35.5. The lowest BCUT2D eigenvalue weighted by molar-refractivity contribution is 0.111. The van der Waals surface area contributed by atoms with E-state index in [-0.39, 0.29) is 13.2 Å². The van der Waals surface area contributed by atoms with E-state index in [2.05, 4.69) is 10.6 Å². The maximum absolute atomic E-state index is 11.7. The van der Waals surface area contributed by atoms with Crippen molar-refractivity contribution in [1.82, 2.24) is 5.32 Å². The molecule has 100 valence electrons. The summed E-state index contributed by atoms with van der Waals surface area (Å²) in [5.74, 6) is 0. The highest BCUT2D eigenvalue weighted by Gasteiger charge is 2.24. The summed E-state index contributed by atoms with van der Waals surface area (Å²) in [6, 6.07) is 4.62. The summed E-state index contributed by atoms with van der Waals surface area (Å²) in [6.45, 7) is 2.69. The second-order valence-electron chi connectivity index (χ2n) is 4.42. The molecule has 4 N–H and O–H groups in total. The van der Waals surface area contributed by atoms with Gasteiger partial charge in [-0.3, -0.25) is 0 Å². The minimum Gasteiger partial charge on any atom is -0.394 e. The zero-order chi connectivity index (χ0) is 13.8. The molecule has 0 aromatic heterocycles. The number of benzene rings is 1. The second kappa shape index (κ2) is 6.04. The molecule has 0 atom stereocenters. The Bertz CT molecular complexity index is 433. The lowest BCUT2D eigenvalue weighted by atomic mass is 10.1. The standard InChI is InChI=1S/C12H17ClN2O3/c1-8-3-4-9(5-10(8)13)14-11(18)15-12(2,6-16)7-17/h3-5,16-17H,6-7H2,1-2H3,(H2,14,15,18). The zero-order valence-corrected chi connectivity index (χ0v) is 11.1. The Kier molecular flexibility index (Phi) is 4.95. The van der Waals surface area contributed by atoms with E-state index in [9.17, 15) is 4.79 Å². The molecule has 1 rings (SSSR count). The summed E-state index contributed by atoms with van der Waals surface area (Å²) in [5, 5.41) is 23.7. The third-order valence-electron chi connectivity index (χ3n) is 2.54. The molecule has 0 radical (unpaired) electrons. The van der Waals surface area contributed by atoms with Crippen LogP contribution in [0.3, 0.4) is 0 Å². The molecule has 0 aliphatic heterocycles. The molecule has 5 nitrogen and oxygen atoms in total. The number of aliphatic hydroxyl groups excluding tert-OH is 2. The molecular formula is C12H17ClN2O3. The number of carbonyl (C=O) groups excluding carboxylic acids is 1. The lowest BCUT2D eigenvalue weighted by Crippen LogP contribution is -2.53. The molecule has 0 aliphatic carbocycles. The van der Waals surface area contributed by atoms with Gasteiger partial charge in [0.1, 0.15) is 0 Å². The van der Waals surface area contributed by atoms with Crippen LogP contribution in [-0.2, 0) is 0 Å². The number of hydrogen-bond donors (Lipinski definition) is 4. The fourth-order valence-electron chi connectivity index (χ4n) is 1.24. The minimum absolute atomic E-state index is 0.356. The van der Waals surface area contributed by atoms with Crippen LogP contribution in [0.2, 0.25) is 5.02 Å². The molecule has 0 saturated heterocycles. The zero-order valence-electron chi connectivity index (χ0n) is 10.3. The summed E-state index contributed by atoms with van der Waals surface area (Å²) < 4.78 is 0. The van der Waals surface area contributed by atoms with Gasteiger partial charge >= 0.3 is 6.03 Å². The van der Waals surface area contributed by atoms with Gasteiger partial charge in [-0.25, -0.2) is 4.79 Å². The van der Waals surface area contributed by atoms with Gasteiger partial charge < -0.3 is 20.8 Å². The Labute approximate surface area is 111 Å². The quantitative estimate of drug-likeness (QED) is 0.671. The predicted molar refractivity (Wildman–Crippen MR) is 70.9 cm³/mol. The number of halogens is 1. The van der Waals surface area contributed by atoms with Crippen molar-refractivity contribution in [2.75, 3.05) is 18.5 Å². The van der Waals surface area contributed by atoms with Crippen molar-refractivity contribution in [2.45, 2.75) is 19.4 Å². The predicted octanol–water partition coefficient (Wildman–Crippen LogP) is 1.51. The first-order chi connectivity index (χ1) is 8.40. The van der Waals surface area contributed by atoms with Gasteiger partial charge in [-0.15, -0.1) is 0 Å². The molecule has 0 spiro atoms. The normalized spacial score (nSPS) is 11.2. The Hall–Kier alpha value is -1.30. The second-order valence-corrected chi connectivity index (χ2v) is 4.83. The summed E-state index contributed by atoms with van der Waals surface area (Å²) >= 11 is 5.93. The molecule has 0 bridgehead atoms. The van der Waals surface area contributed by atoms with E-state index in [1.807, 2.05) is 6.92 Å². The van der Waals surface area contributed by atoms with Gasteiger partial charge in [0.05, 0.1) is 18.8 Å². The number of rotatable bonds is 4. The fourth-order valence-corrected chi connectivity index (χ4v) is 1.42. The number of urea groups is 1. The molecule has 0 heterocycles. The number of amides is 2. The number of nitrogens with one attached hydrogen (secondary N) is 2. The number of aryl methyl sites for hydroxylation is 1. The largest absolute Gasteiger partial charge is 0.394 e. The Balaban J connectivity index is 2.67. The highest BCUT2D eigenvalue weighted by Crippen LogP contribution is 2.19. The maximum Gasteiger partial charge on any atom is 0.319 e. The summed E-state index contributed by atoms with van der Waals surface area (Å²) in [5.41, 5.74) is 0.401. The van der Waals surface area contributed by atoms with E-state index in [0.717, 1.165) is 5.56 Å². The molecule has 0 saturated carbocycles. The van der Waals surface area contributed by atoms with Gasteiger partial charge in [0.15, 0.2) is 0 Å². The molecule has 0 aliphatic rings. The van der Waals surface area contributed by atoms with Crippen LogP contribution in [0.1, 0.15) is 12.5 Å². The highest BCUT2D eigenvalue weighted by molar-refractivity contribution is 6.31. The van der Waals surface area contributed by atoms with E-state index in [0.29, 0.717) is 10.7 Å². The number of carbonyl (C=O) groups is 1. The van der Waals surface area contributed by atoms with Crippen molar-refractivity contribution in [3.8, 4) is 0 Å². The fraction of sp³-hybridized carbons (Fsp3) is 0.417. The summed E-state index contributed by atoms with van der Waals surface area (Å²) in [6.07, 6.45) is 0. The molecular weight excluding hydrogens is 256 g/mol. The number of aliphatic hydroxyl groups is 2. The van der Waals surface area contributed by atoms with Gasteiger partial charge in [-0.05, 0) is 31.5 Å². The van der Waals surface area contributed by atoms with Crippen LogP contribution < -0.4 is 10.6 Å². The SMILES string of the molecule is Cc1ccc(NC(=O)NC(C)(CO)CO)cc1Cl. The Morgan fingerprint density at radius 3 is 2.50 bits per heavy atom. The van der Waals surface area contributed by atoms with Gasteiger partial charge in [0.2, 0.25) is 0 Å². The first-order valence-corrected chi connectivity index (χ1v) is 5.85. The third kappa shape index (κ3) is 3.87. The molecule has 1 aromatic rings. The number of hydrogen-bond acceptors (Lipinski definition) is 3. The van der Waals surface area contributed by atoms with E-state index in [4.69, 9.17) is 21.8 Å². The van der Waals surface area contributed by atoms with Crippen molar-refractivity contribution >= 4 is 23.3 Å². The molecule has 6 heteroatoms. The summed E-state index contributed by atoms with van der Waals surface area (Å²) in [7, 11) is 0. The monoisotopic (exact) mass is 272 g/mol. The van der Waals surface area contributed by atoms with Crippen LogP contribution >= 0.6 is 11.6 Å². The smallest absolute Gasteiger partial charge is 0.319 e. The summed E-state index contributed by atoms with van der Waals surface area (Å²) in [4.78, 5) is 11.7. The Morgan fingerprint density at radius 1 is 1.39 bits per heavy atom. The van der Waals surface area contributed by atoms with Crippen LogP contribution in [0.4, 0.5) is 10.5 Å². The van der Waals surface area contributed by atoms with Crippen LogP contribution in [0.25, 0.3) is 0 Å². The van der Waals surface area contributed by atoms with E-state index >= 15 is 0 Å². The molecule has 1 aromatic carbocycles. The first kappa shape index (κ1) is 14.8. The average molecular weight is 273 g/mol. The Morgan fingerprint density at radius 2 is 2.00 bits per heavy atom. The van der Waals surface area contributed by atoms with Crippen molar-refractivity contribution < 1.29 is 15.0 Å². The van der Waals surface area contributed by atoms with Crippen LogP contribution in [-0.4, -0.2) is 35.0 Å². The molecule has 18 heavy (non-hydrogen) atoms. The van der Waals surface area contributed by atoms with Crippen LogP contribution in [0.15, 0.2) is 18.2 Å². The van der Waals surface area contributed by atoms with Gasteiger partial charge in [0, 0.05) is 10.7 Å². The van der Waals surface area contributed by atoms with Crippen molar-refractivity contribution in [2.24, 2.45) is 0 Å². The van der Waals surface area contributed by atoms with E-state index in [1.165, 1.54) is 6.92 Å². The van der Waals surface area contributed by atoms with Gasteiger partial charge in [-0.1, -0.05) is 17.7 Å². The van der Waals surface area contributed by atoms with Gasteiger partial charge in [-0.2, -0.15) is 0 Å². The number of anilines is 1. The van der Waals surface area contributed by atoms with Crippen molar-refractivity contribution in [1.29, 1.82) is 0 Å². The van der Waals surface area contributed by atoms with Crippen LogP contribution in [0, 0.1) is 6.92 Å². The van der Waals surface area contributed by atoms with E-state index in [1.54, 1.807) is 18.2 Å². The van der Waals surface area contributed by atoms with Crippen molar-refractivity contribution in [3.05, 3.63) is 28.8 Å². The third-order valence-corrected chi connectivity index (χ3v) is 2.95. The van der Waals surface area contributed by atoms with Gasteiger partial charge in [0.25, 0.3) is 0 Å². The first-order valence-electron chi connectivity index (χ1n) is 5.47. The topological polar surface area (TPSA) is 81.6 Å². The van der Waals surface area contributed by atoms with Crippen LogP contribution in [0.5, 0.6) is 0 Å². The molecule has 2 amide bonds. The maximum atomic E-state index is 11.7. The van der Waals surface area contributed by atoms with E-state index < -0.39 is 11.6 Å². The molecule has 0 unspecified atom stereocenters.